The molecule has 0 aromatic rings. The summed E-state index contributed by atoms with van der Waals surface area (Å²) in [7, 11) is 0. The number of unbranched alkanes of at least 4 members (excludes halogenated alkanes) is 1. The van der Waals surface area contributed by atoms with E-state index in [-0.39, 0.29) is 0 Å². The van der Waals surface area contributed by atoms with Gasteiger partial charge in [-0.1, -0.05) is 47.0 Å². The van der Waals surface area contributed by atoms with Gasteiger partial charge >= 0.3 is 0 Å². The first-order chi connectivity index (χ1) is 9.06. The van der Waals surface area contributed by atoms with Gasteiger partial charge in [0.15, 0.2) is 0 Å². The maximum absolute atomic E-state index is 3.66. The van der Waals surface area contributed by atoms with Crippen molar-refractivity contribution in [3.05, 3.63) is 0 Å². The quantitative estimate of drug-likeness (QED) is 0.718. The number of nitrogens with one attached hydrogen (secondary N) is 1. The van der Waals surface area contributed by atoms with Crippen molar-refractivity contribution in [3.8, 4) is 0 Å². The van der Waals surface area contributed by atoms with E-state index in [2.05, 4.69) is 44.8 Å². The Morgan fingerprint density at radius 1 is 1.26 bits per heavy atom. The molecular formula is C17H36N2. The molecule has 1 aliphatic rings. The van der Waals surface area contributed by atoms with Crippen LogP contribution in [0, 0.1) is 11.8 Å². The highest BCUT2D eigenvalue weighted by molar-refractivity contribution is 4.85. The summed E-state index contributed by atoms with van der Waals surface area (Å²) >= 11 is 0. The molecule has 1 heterocycles. The largest absolute Gasteiger partial charge is 0.311 e. The lowest BCUT2D eigenvalue weighted by molar-refractivity contribution is 0.0963. The van der Waals surface area contributed by atoms with E-state index in [4.69, 9.17) is 0 Å². The van der Waals surface area contributed by atoms with E-state index in [9.17, 15) is 0 Å². The molecule has 3 unspecified atom stereocenters. The number of piperazine rings is 1. The van der Waals surface area contributed by atoms with E-state index < -0.39 is 0 Å². The summed E-state index contributed by atoms with van der Waals surface area (Å²) in [4.78, 5) is 2.78. The van der Waals surface area contributed by atoms with E-state index in [1.165, 1.54) is 51.7 Å². The summed E-state index contributed by atoms with van der Waals surface area (Å²) in [6, 6.07) is 1.42. The molecule has 2 nitrogen and oxygen atoms in total. The standard InChI is InChI=1S/C17H36N2/c1-6-8-9-16(7-2)13-19-12-15(5)18-11-17(19)10-14(3)4/h14-18H,6-13H2,1-5H3. The second-order valence-electron chi connectivity index (χ2n) is 6.96. The van der Waals surface area contributed by atoms with E-state index in [0.717, 1.165) is 17.9 Å². The average molecular weight is 268 g/mol. The molecule has 3 atom stereocenters. The summed E-state index contributed by atoms with van der Waals surface area (Å²) in [6.45, 7) is 15.4. The first kappa shape index (κ1) is 17.0. The summed E-state index contributed by atoms with van der Waals surface area (Å²) in [5.74, 6) is 1.71. The van der Waals surface area contributed by atoms with Crippen LogP contribution < -0.4 is 5.32 Å². The molecule has 0 radical (unpaired) electrons. The molecule has 1 aliphatic heterocycles. The summed E-state index contributed by atoms with van der Waals surface area (Å²) in [6.07, 6.45) is 6.83. The van der Waals surface area contributed by atoms with Gasteiger partial charge < -0.3 is 5.32 Å². The SMILES string of the molecule is CCCCC(CC)CN1CC(C)NCC1CC(C)C. The van der Waals surface area contributed by atoms with Crippen LogP contribution in [0.25, 0.3) is 0 Å². The molecule has 0 aliphatic carbocycles. The van der Waals surface area contributed by atoms with Crippen molar-refractivity contribution in [2.45, 2.75) is 78.8 Å². The predicted octanol–water partition coefficient (Wildman–Crippen LogP) is 3.91. The maximum Gasteiger partial charge on any atom is 0.0223 e. The fourth-order valence-electron chi connectivity index (χ4n) is 3.28. The number of rotatable bonds is 8. The Bertz CT molecular complexity index is 227. The highest BCUT2D eigenvalue weighted by Crippen LogP contribution is 2.20. The third-order valence-electron chi connectivity index (χ3n) is 4.51. The minimum Gasteiger partial charge on any atom is -0.311 e. The molecule has 1 rings (SSSR count). The molecule has 19 heavy (non-hydrogen) atoms. The van der Waals surface area contributed by atoms with Crippen LogP contribution in [0.3, 0.4) is 0 Å². The second kappa shape index (κ2) is 8.97. The normalized spacial score (nSPS) is 26.8. The third-order valence-corrected chi connectivity index (χ3v) is 4.51. The van der Waals surface area contributed by atoms with Gasteiger partial charge in [-0.3, -0.25) is 4.90 Å². The monoisotopic (exact) mass is 268 g/mol. The molecule has 0 bridgehead atoms. The van der Waals surface area contributed by atoms with Crippen LogP contribution in [0.2, 0.25) is 0 Å². The fourth-order valence-corrected chi connectivity index (χ4v) is 3.28. The lowest BCUT2D eigenvalue weighted by atomic mass is 9.94. The molecule has 0 saturated carbocycles. The molecule has 0 aromatic carbocycles. The van der Waals surface area contributed by atoms with E-state index in [1.807, 2.05) is 0 Å². The Morgan fingerprint density at radius 2 is 2.00 bits per heavy atom. The minimum atomic E-state index is 0.659. The molecule has 1 fully saturated rings. The van der Waals surface area contributed by atoms with Crippen LogP contribution in [0.5, 0.6) is 0 Å². The first-order valence-corrected chi connectivity index (χ1v) is 8.54. The van der Waals surface area contributed by atoms with Crippen molar-refractivity contribution in [3.63, 3.8) is 0 Å². The molecular weight excluding hydrogens is 232 g/mol. The Morgan fingerprint density at radius 3 is 2.58 bits per heavy atom. The van der Waals surface area contributed by atoms with Crippen LogP contribution in [0.1, 0.15) is 66.7 Å². The maximum atomic E-state index is 3.66. The molecule has 0 amide bonds. The summed E-state index contributed by atoms with van der Waals surface area (Å²) in [5, 5.41) is 3.66. The van der Waals surface area contributed by atoms with Crippen LogP contribution in [-0.2, 0) is 0 Å². The first-order valence-electron chi connectivity index (χ1n) is 8.54. The van der Waals surface area contributed by atoms with E-state index >= 15 is 0 Å². The topological polar surface area (TPSA) is 15.3 Å². The van der Waals surface area contributed by atoms with Crippen molar-refractivity contribution in [2.24, 2.45) is 11.8 Å². The van der Waals surface area contributed by atoms with Gasteiger partial charge in [-0.15, -0.1) is 0 Å². The van der Waals surface area contributed by atoms with Gasteiger partial charge in [0, 0.05) is 31.7 Å². The van der Waals surface area contributed by atoms with Crippen molar-refractivity contribution >= 4 is 0 Å². The van der Waals surface area contributed by atoms with Gasteiger partial charge in [0.05, 0.1) is 0 Å². The number of hydrogen-bond acceptors (Lipinski definition) is 2. The zero-order valence-corrected chi connectivity index (χ0v) is 13.9. The third kappa shape index (κ3) is 6.27. The van der Waals surface area contributed by atoms with E-state index in [1.54, 1.807) is 0 Å². The lowest BCUT2D eigenvalue weighted by Gasteiger charge is -2.42. The second-order valence-corrected chi connectivity index (χ2v) is 6.96. The van der Waals surface area contributed by atoms with Crippen molar-refractivity contribution in [2.75, 3.05) is 19.6 Å². The van der Waals surface area contributed by atoms with Crippen LogP contribution >= 0.6 is 0 Å². The van der Waals surface area contributed by atoms with Crippen LogP contribution in [0.15, 0.2) is 0 Å². The van der Waals surface area contributed by atoms with Crippen molar-refractivity contribution < 1.29 is 0 Å². The van der Waals surface area contributed by atoms with Gasteiger partial charge in [0.1, 0.15) is 0 Å². The predicted molar refractivity (Wildman–Crippen MR) is 85.6 cm³/mol. The van der Waals surface area contributed by atoms with Gasteiger partial charge in [-0.2, -0.15) is 0 Å². The summed E-state index contributed by atoms with van der Waals surface area (Å²) in [5.41, 5.74) is 0. The van der Waals surface area contributed by atoms with Gasteiger partial charge in [-0.05, 0) is 31.6 Å². The Hall–Kier alpha value is -0.0800. The summed E-state index contributed by atoms with van der Waals surface area (Å²) < 4.78 is 0. The molecule has 114 valence electrons. The molecule has 0 aromatic heterocycles. The van der Waals surface area contributed by atoms with E-state index in [0.29, 0.717) is 6.04 Å². The zero-order valence-electron chi connectivity index (χ0n) is 13.9. The highest BCUT2D eigenvalue weighted by atomic mass is 15.2. The van der Waals surface area contributed by atoms with Gasteiger partial charge in [-0.25, -0.2) is 0 Å². The van der Waals surface area contributed by atoms with Gasteiger partial charge in [0.2, 0.25) is 0 Å². The highest BCUT2D eigenvalue weighted by Gasteiger charge is 2.27. The Labute approximate surface area is 121 Å². The van der Waals surface area contributed by atoms with Crippen LogP contribution in [-0.4, -0.2) is 36.6 Å². The van der Waals surface area contributed by atoms with Crippen molar-refractivity contribution in [1.82, 2.24) is 10.2 Å². The molecule has 2 heteroatoms. The van der Waals surface area contributed by atoms with Crippen LogP contribution in [0.4, 0.5) is 0 Å². The zero-order chi connectivity index (χ0) is 14.3. The molecule has 0 spiro atoms. The smallest absolute Gasteiger partial charge is 0.0223 e. The number of hydrogen-bond donors (Lipinski definition) is 1. The fraction of sp³-hybridized carbons (Fsp3) is 1.00. The minimum absolute atomic E-state index is 0.659. The lowest BCUT2D eigenvalue weighted by Crippen LogP contribution is -2.56. The molecule has 1 saturated heterocycles. The number of nitrogens with zero attached hydrogens (tertiary/aromatic N) is 1. The van der Waals surface area contributed by atoms with Gasteiger partial charge in [0.25, 0.3) is 0 Å². The Balaban J connectivity index is 2.52. The molecule has 1 N–H and O–H groups in total. The van der Waals surface area contributed by atoms with Crippen molar-refractivity contribution in [1.29, 1.82) is 0 Å². The Kier molecular flexibility index (Phi) is 8.01. The average Bonchev–Trinajstić information content (AvgIpc) is 2.37.